The molecular weight excluding hydrogens is 312 g/mol. The van der Waals surface area contributed by atoms with Gasteiger partial charge in [-0.3, -0.25) is 0 Å². The first-order chi connectivity index (χ1) is 10.3. The number of hydrogen-bond acceptors (Lipinski definition) is 4. The van der Waals surface area contributed by atoms with Crippen LogP contribution in [0.4, 0.5) is 8.78 Å². The largest absolute Gasteiger partial charge is 0.490 e. The molecule has 0 fully saturated rings. The summed E-state index contributed by atoms with van der Waals surface area (Å²) in [6, 6.07) is 3.13. The van der Waals surface area contributed by atoms with Gasteiger partial charge in [0.2, 0.25) is 0 Å². The number of aromatic nitrogens is 1. The normalized spacial score (nSPS) is 11.5. The fourth-order valence-electron chi connectivity index (χ4n) is 1.80. The van der Waals surface area contributed by atoms with Crippen molar-refractivity contribution in [3.8, 4) is 5.75 Å². The molecule has 0 saturated heterocycles. The molecule has 1 N–H and O–H groups in total. The van der Waals surface area contributed by atoms with Crippen molar-refractivity contribution in [2.24, 2.45) is 0 Å². The quantitative estimate of drug-likeness (QED) is 0.875. The van der Waals surface area contributed by atoms with Crippen molar-refractivity contribution in [1.29, 1.82) is 0 Å². The van der Waals surface area contributed by atoms with Gasteiger partial charge in [-0.2, -0.15) is 0 Å². The number of carboxylic acid groups (broad SMARTS) is 1. The minimum atomic E-state index is -1.07. The molecule has 1 aromatic heterocycles. The zero-order valence-corrected chi connectivity index (χ0v) is 12.9. The molecule has 0 aliphatic heterocycles. The van der Waals surface area contributed by atoms with E-state index in [0.29, 0.717) is 11.4 Å². The summed E-state index contributed by atoms with van der Waals surface area (Å²) >= 11 is 1.27. The molecule has 1 heterocycles. The molecule has 0 amide bonds. The van der Waals surface area contributed by atoms with Crippen LogP contribution >= 0.6 is 11.3 Å². The van der Waals surface area contributed by atoms with Crippen molar-refractivity contribution in [2.75, 3.05) is 6.61 Å². The van der Waals surface area contributed by atoms with Gasteiger partial charge in [-0.1, -0.05) is 13.8 Å². The molecule has 0 spiro atoms. The maximum Gasteiger partial charge on any atom is 0.355 e. The van der Waals surface area contributed by atoms with Gasteiger partial charge in [-0.05, 0) is 18.6 Å². The highest BCUT2D eigenvalue weighted by molar-refractivity contribution is 7.10. The third kappa shape index (κ3) is 3.79. The molecule has 0 radical (unpaired) electrons. The van der Waals surface area contributed by atoms with E-state index in [1.165, 1.54) is 22.8 Å². The minimum Gasteiger partial charge on any atom is -0.490 e. The number of ether oxygens (including phenoxy) is 1. The lowest BCUT2D eigenvalue weighted by Crippen LogP contribution is -2.21. The highest BCUT2D eigenvalue weighted by Gasteiger charge is 2.25. The average Bonchev–Trinajstić information content (AvgIpc) is 2.92. The zero-order chi connectivity index (χ0) is 16.3. The van der Waals surface area contributed by atoms with Crippen molar-refractivity contribution in [2.45, 2.75) is 25.7 Å². The molecule has 4 nitrogen and oxygen atoms in total. The van der Waals surface area contributed by atoms with E-state index in [1.807, 2.05) is 13.8 Å². The molecule has 0 bridgehead atoms. The number of halogens is 2. The Balaban J connectivity index is 1.98. The Morgan fingerprint density at radius 2 is 2.14 bits per heavy atom. The van der Waals surface area contributed by atoms with E-state index in [-0.39, 0.29) is 18.1 Å². The Hall–Kier alpha value is -2.02. The Bertz CT molecular complexity index is 685. The topological polar surface area (TPSA) is 59.4 Å². The number of carboxylic acids is 1. The van der Waals surface area contributed by atoms with E-state index in [4.69, 9.17) is 9.84 Å². The average molecular weight is 327 g/mol. The van der Waals surface area contributed by atoms with Gasteiger partial charge in [0.25, 0.3) is 0 Å². The van der Waals surface area contributed by atoms with Crippen LogP contribution in [-0.2, 0) is 5.41 Å². The number of carbonyl (C=O) groups is 1. The number of nitrogens with zero attached hydrogens (tertiary/aromatic N) is 1. The first-order valence-electron chi connectivity index (χ1n) is 6.57. The third-order valence-corrected chi connectivity index (χ3v) is 4.39. The molecule has 22 heavy (non-hydrogen) atoms. The van der Waals surface area contributed by atoms with Crippen molar-refractivity contribution in [1.82, 2.24) is 4.98 Å². The lowest BCUT2D eigenvalue weighted by Gasteiger charge is -2.22. The Labute approximate surface area is 130 Å². The van der Waals surface area contributed by atoms with Crippen molar-refractivity contribution < 1.29 is 23.4 Å². The van der Waals surface area contributed by atoms with E-state index < -0.39 is 23.0 Å². The Kier molecular flexibility index (Phi) is 4.75. The van der Waals surface area contributed by atoms with Gasteiger partial charge >= 0.3 is 5.97 Å². The van der Waals surface area contributed by atoms with Crippen LogP contribution in [0.15, 0.2) is 23.6 Å². The fourth-order valence-corrected chi connectivity index (χ4v) is 2.75. The number of thiazole rings is 1. The summed E-state index contributed by atoms with van der Waals surface area (Å²) in [4.78, 5) is 14.9. The van der Waals surface area contributed by atoms with Crippen LogP contribution in [0.3, 0.4) is 0 Å². The summed E-state index contributed by atoms with van der Waals surface area (Å²) in [5.74, 6) is -2.49. The van der Waals surface area contributed by atoms with E-state index in [1.54, 1.807) is 0 Å². The minimum absolute atomic E-state index is 0.0115. The van der Waals surface area contributed by atoms with E-state index >= 15 is 0 Å². The van der Waals surface area contributed by atoms with Gasteiger partial charge in [0.15, 0.2) is 17.3 Å². The summed E-state index contributed by atoms with van der Waals surface area (Å²) < 4.78 is 31.6. The first-order valence-corrected chi connectivity index (χ1v) is 7.45. The van der Waals surface area contributed by atoms with Crippen LogP contribution in [0.25, 0.3) is 0 Å². The monoisotopic (exact) mass is 327 g/mol. The van der Waals surface area contributed by atoms with E-state index in [2.05, 4.69) is 4.98 Å². The highest BCUT2D eigenvalue weighted by Crippen LogP contribution is 2.30. The van der Waals surface area contributed by atoms with Gasteiger partial charge in [-0.25, -0.2) is 18.6 Å². The van der Waals surface area contributed by atoms with Crippen molar-refractivity contribution >= 4 is 17.3 Å². The summed E-state index contributed by atoms with van der Waals surface area (Å²) in [5.41, 5.74) is -0.395. The second kappa shape index (κ2) is 6.39. The van der Waals surface area contributed by atoms with E-state index in [0.717, 1.165) is 12.1 Å². The molecule has 2 rings (SSSR count). The van der Waals surface area contributed by atoms with Crippen LogP contribution in [0.2, 0.25) is 0 Å². The highest BCUT2D eigenvalue weighted by atomic mass is 32.1. The molecule has 118 valence electrons. The molecule has 0 atom stereocenters. The molecule has 0 aliphatic rings. The maximum atomic E-state index is 13.4. The van der Waals surface area contributed by atoms with Crippen molar-refractivity contribution in [3.05, 3.63) is 45.9 Å². The van der Waals surface area contributed by atoms with Gasteiger partial charge in [-0.15, -0.1) is 11.3 Å². The number of benzene rings is 1. The lowest BCUT2D eigenvalue weighted by molar-refractivity contribution is 0.0691. The standard InChI is InChI=1S/C15H15F2NO3S/c1-15(2,14-18-11(8-22-14)13(19)20)5-6-21-12-4-3-9(16)7-10(12)17/h3-4,7-8H,5-6H2,1-2H3,(H,19,20). The summed E-state index contributed by atoms with van der Waals surface area (Å²) in [7, 11) is 0. The number of hydrogen-bond donors (Lipinski definition) is 1. The smallest absolute Gasteiger partial charge is 0.355 e. The molecule has 2 aromatic rings. The predicted octanol–water partition coefficient (Wildman–Crippen LogP) is 3.87. The Morgan fingerprint density at radius 1 is 1.41 bits per heavy atom. The maximum absolute atomic E-state index is 13.4. The fraction of sp³-hybridized carbons (Fsp3) is 0.333. The molecule has 0 saturated carbocycles. The summed E-state index contributed by atoms with van der Waals surface area (Å²) in [6.07, 6.45) is 0.510. The first kappa shape index (κ1) is 16.4. The lowest BCUT2D eigenvalue weighted by atomic mass is 9.90. The third-order valence-electron chi connectivity index (χ3n) is 3.18. The van der Waals surface area contributed by atoms with Gasteiger partial charge in [0, 0.05) is 16.9 Å². The van der Waals surface area contributed by atoms with Gasteiger partial charge in [0.05, 0.1) is 11.6 Å². The van der Waals surface area contributed by atoms with Crippen LogP contribution < -0.4 is 4.74 Å². The van der Waals surface area contributed by atoms with Crippen LogP contribution in [-0.4, -0.2) is 22.7 Å². The number of aromatic carboxylic acids is 1. The van der Waals surface area contributed by atoms with Gasteiger partial charge in [0.1, 0.15) is 5.82 Å². The molecule has 7 heteroatoms. The van der Waals surface area contributed by atoms with E-state index in [9.17, 15) is 13.6 Å². The second-order valence-corrected chi connectivity index (χ2v) is 6.26. The SMILES string of the molecule is CC(C)(CCOc1ccc(F)cc1F)c1nc(C(=O)O)cs1. The van der Waals surface area contributed by atoms with Gasteiger partial charge < -0.3 is 9.84 Å². The van der Waals surface area contributed by atoms with Crippen molar-refractivity contribution in [3.63, 3.8) is 0 Å². The zero-order valence-electron chi connectivity index (χ0n) is 12.1. The molecule has 0 aliphatic carbocycles. The summed E-state index contributed by atoms with van der Waals surface area (Å²) in [5, 5.41) is 11.0. The Morgan fingerprint density at radius 3 is 2.73 bits per heavy atom. The number of rotatable bonds is 6. The van der Waals surface area contributed by atoms with Crippen LogP contribution in [0, 0.1) is 11.6 Å². The molecule has 0 unspecified atom stereocenters. The molecule has 1 aromatic carbocycles. The second-order valence-electron chi connectivity index (χ2n) is 5.40. The van der Waals surface area contributed by atoms with Crippen LogP contribution in [0.1, 0.15) is 35.8 Å². The van der Waals surface area contributed by atoms with Crippen LogP contribution in [0.5, 0.6) is 5.75 Å². The summed E-state index contributed by atoms with van der Waals surface area (Å²) in [6.45, 7) is 4.02. The predicted molar refractivity (Wildman–Crippen MR) is 78.6 cm³/mol. The molecular formula is C15H15F2NO3S.